The van der Waals surface area contributed by atoms with Gasteiger partial charge in [-0.1, -0.05) is 17.7 Å². The molecule has 0 unspecified atom stereocenters. The topological polar surface area (TPSA) is 43.8 Å². The summed E-state index contributed by atoms with van der Waals surface area (Å²) in [5.74, 6) is 0.607. The number of hydrogen-bond donors (Lipinski definition) is 1. The summed E-state index contributed by atoms with van der Waals surface area (Å²) in [6.07, 6.45) is 1.66. The van der Waals surface area contributed by atoms with Gasteiger partial charge in [0.05, 0.1) is 11.9 Å². The molecule has 1 heterocycles. The van der Waals surface area contributed by atoms with Crippen LogP contribution in [-0.4, -0.2) is 9.78 Å². The molecule has 14 heavy (non-hydrogen) atoms. The fraction of sp³-hybridized carbons (Fsp3) is 0.100. The van der Waals surface area contributed by atoms with Crippen molar-refractivity contribution in [2.75, 3.05) is 5.73 Å². The van der Waals surface area contributed by atoms with E-state index in [1.807, 2.05) is 25.1 Å². The van der Waals surface area contributed by atoms with Crippen LogP contribution in [0.5, 0.6) is 0 Å². The van der Waals surface area contributed by atoms with E-state index in [9.17, 15) is 0 Å². The minimum Gasteiger partial charge on any atom is -0.384 e. The van der Waals surface area contributed by atoms with E-state index in [1.54, 1.807) is 16.9 Å². The molecule has 2 N–H and O–H groups in total. The van der Waals surface area contributed by atoms with E-state index in [0.717, 1.165) is 16.3 Å². The molecule has 0 amide bonds. The molecule has 2 rings (SSSR count). The summed E-state index contributed by atoms with van der Waals surface area (Å²) in [6, 6.07) is 7.41. The number of hydrogen-bond acceptors (Lipinski definition) is 2. The summed E-state index contributed by atoms with van der Waals surface area (Å²) in [4.78, 5) is 0. The van der Waals surface area contributed by atoms with E-state index < -0.39 is 0 Å². The molecule has 3 nitrogen and oxygen atoms in total. The van der Waals surface area contributed by atoms with Crippen LogP contribution in [-0.2, 0) is 0 Å². The summed E-state index contributed by atoms with van der Waals surface area (Å²) < 4.78 is 1.67. The predicted molar refractivity (Wildman–Crippen MR) is 57.7 cm³/mol. The fourth-order valence-corrected chi connectivity index (χ4v) is 1.51. The lowest BCUT2D eigenvalue weighted by Gasteiger charge is -2.08. The molecule has 1 aromatic carbocycles. The van der Waals surface area contributed by atoms with E-state index in [1.165, 1.54) is 0 Å². The van der Waals surface area contributed by atoms with Crippen molar-refractivity contribution < 1.29 is 0 Å². The van der Waals surface area contributed by atoms with Gasteiger partial charge in [0.15, 0.2) is 0 Å². The first-order valence-electron chi connectivity index (χ1n) is 4.25. The van der Waals surface area contributed by atoms with Crippen LogP contribution in [0.15, 0.2) is 30.5 Å². The Morgan fingerprint density at radius 1 is 1.36 bits per heavy atom. The van der Waals surface area contributed by atoms with Crippen LogP contribution >= 0.6 is 11.6 Å². The molecule has 0 atom stereocenters. The summed E-state index contributed by atoms with van der Waals surface area (Å²) in [5.41, 5.74) is 7.64. The van der Waals surface area contributed by atoms with Gasteiger partial charge in [0.1, 0.15) is 5.82 Å². The zero-order valence-corrected chi connectivity index (χ0v) is 8.49. The second-order valence-corrected chi connectivity index (χ2v) is 3.46. The number of nitrogen functional groups attached to an aromatic ring is 1. The molecular formula is C10H10ClN3. The summed E-state index contributed by atoms with van der Waals surface area (Å²) in [7, 11) is 0. The maximum atomic E-state index is 6.00. The average Bonchev–Trinajstić information content (AvgIpc) is 2.57. The first kappa shape index (κ1) is 9.09. The maximum absolute atomic E-state index is 6.00. The molecule has 0 aliphatic carbocycles. The van der Waals surface area contributed by atoms with Crippen LogP contribution in [0, 0.1) is 6.92 Å². The Balaban J connectivity index is 2.63. The molecule has 0 aliphatic rings. The molecule has 1 aromatic heterocycles. The van der Waals surface area contributed by atoms with Gasteiger partial charge in [-0.15, -0.1) is 0 Å². The Bertz CT molecular complexity index is 462. The molecular weight excluding hydrogens is 198 g/mol. The van der Waals surface area contributed by atoms with Crippen LogP contribution in [0.2, 0.25) is 5.02 Å². The van der Waals surface area contributed by atoms with Crippen LogP contribution in [0.1, 0.15) is 5.56 Å². The van der Waals surface area contributed by atoms with Crippen molar-refractivity contribution in [3.63, 3.8) is 0 Å². The molecule has 4 heteroatoms. The van der Waals surface area contributed by atoms with Gasteiger partial charge in [-0.3, -0.25) is 0 Å². The molecule has 72 valence electrons. The number of benzene rings is 1. The van der Waals surface area contributed by atoms with Gasteiger partial charge in [0, 0.05) is 11.1 Å². The Morgan fingerprint density at radius 2 is 2.14 bits per heavy atom. The third-order valence-electron chi connectivity index (χ3n) is 2.14. The van der Waals surface area contributed by atoms with Gasteiger partial charge >= 0.3 is 0 Å². The smallest absolute Gasteiger partial charge is 0.127 e. The zero-order chi connectivity index (χ0) is 10.1. The summed E-state index contributed by atoms with van der Waals surface area (Å²) in [5, 5.41) is 4.84. The lowest BCUT2D eigenvalue weighted by molar-refractivity contribution is 0.883. The molecule has 2 aromatic rings. The van der Waals surface area contributed by atoms with E-state index >= 15 is 0 Å². The second-order valence-electron chi connectivity index (χ2n) is 3.05. The number of anilines is 1. The Labute approximate surface area is 87.1 Å². The first-order chi connectivity index (χ1) is 6.70. The SMILES string of the molecule is Cc1c(Cl)cccc1-n1nccc1N. The van der Waals surface area contributed by atoms with E-state index in [-0.39, 0.29) is 0 Å². The minimum absolute atomic E-state index is 0.607. The number of aromatic nitrogens is 2. The van der Waals surface area contributed by atoms with Crippen LogP contribution < -0.4 is 5.73 Å². The molecule has 0 bridgehead atoms. The quantitative estimate of drug-likeness (QED) is 0.781. The molecule has 0 saturated carbocycles. The summed E-state index contributed by atoms with van der Waals surface area (Å²) in [6.45, 7) is 1.94. The van der Waals surface area contributed by atoms with Crippen LogP contribution in [0.3, 0.4) is 0 Å². The highest BCUT2D eigenvalue weighted by Gasteiger charge is 2.06. The van der Waals surface area contributed by atoms with Crippen molar-refractivity contribution in [1.29, 1.82) is 0 Å². The Kier molecular flexibility index (Phi) is 2.17. The summed E-state index contributed by atoms with van der Waals surface area (Å²) >= 11 is 6.00. The van der Waals surface area contributed by atoms with Crippen molar-refractivity contribution >= 4 is 17.4 Å². The monoisotopic (exact) mass is 207 g/mol. The number of halogens is 1. The average molecular weight is 208 g/mol. The van der Waals surface area contributed by atoms with Crippen molar-refractivity contribution in [1.82, 2.24) is 9.78 Å². The van der Waals surface area contributed by atoms with E-state index in [2.05, 4.69) is 5.10 Å². The van der Waals surface area contributed by atoms with Crippen molar-refractivity contribution in [3.8, 4) is 5.69 Å². The molecule has 0 spiro atoms. The maximum Gasteiger partial charge on any atom is 0.127 e. The molecule has 0 aliphatic heterocycles. The highest BCUT2D eigenvalue weighted by atomic mass is 35.5. The lowest BCUT2D eigenvalue weighted by Crippen LogP contribution is -2.03. The molecule has 0 fully saturated rings. The number of rotatable bonds is 1. The van der Waals surface area contributed by atoms with E-state index in [4.69, 9.17) is 17.3 Å². The number of nitrogens with two attached hydrogens (primary N) is 1. The van der Waals surface area contributed by atoms with Gasteiger partial charge in [-0.2, -0.15) is 5.10 Å². The number of nitrogens with zero attached hydrogens (tertiary/aromatic N) is 2. The van der Waals surface area contributed by atoms with E-state index in [0.29, 0.717) is 5.82 Å². The lowest BCUT2D eigenvalue weighted by atomic mass is 10.2. The highest BCUT2D eigenvalue weighted by molar-refractivity contribution is 6.31. The third kappa shape index (κ3) is 1.36. The predicted octanol–water partition coefficient (Wildman–Crippen LogP) is 2.42. The third-order valence-corrected chi connectivity index (χ3v) is 2.55. The van der Waals surface area contributed by atoms with Crippen LogP contribution in [0.25, 0.3) is 5.69 Å². The highest BCUT2D eigenvalue weighted by Crippen LogP contribution is 2.23. The van der Waals surface area contributed by atoms with Gasteiger partial charge in [0.2, 0.25) is 0 Å². The minimum atomic E-state index is 0.607. The fourth-order valence-electron chi connectivity index (χ4n) is 1.34. The molecule has 0 saturated heterocycles. The zero-order valence-electron chi connectivity index (χ0n) is 7.74. The molecule has 0 radical (unpaired) electrons. The second kappa shape index (κ2) is 3.35. The first-order valence-corrected chi connectivity index (χ1v) is 4.63. The van der Waals surface area contributed by atoms with Gasteiger partial charge in [-0.05, 0) is 24.6 Å². The van der Waals surface area contributed by atoms with Crippen molar-refractivity contribution in [2.24, 2.45) is 0 Å². The largest absolute Gasteiger partial charge is 0.384 e. The van der Waals surface area contributed by atoms with Crippen LogP contribution in [0.4, 0.5) is 5.82 Å². The van der Waals surface area contributed by atoms with Gasteiger partial charge in [0.25, 0.3) is 0 Å². The normalized spacial score (nSPS) is 10.4. The van der Waals surface area contributed by atoms with Crippen molar-refractivity contribution in [2.45, 2.75) is 6.92 Å². The van der Waals surface area contributed by atoms with Gasteiger partial charge in [-0.25, -0.2) is 4.68 Å². The van der Waals surface area contributed by atoms with Crippen molar-refractivity contribution in [3.05, 3.63) is 41.0 Å². The Morgan fingerprint density at radius 3 is 2.79 bits per heavy atom. The standard InChI is InChI=1S/C10H10ClN3/c1-7-8(11)3-2-4-9(7)14-10(12)5-6-13-14/h2-6H,12H2,1H3. The van der Waals surface area contributed by atoms with Gasteiger partial charge < -0.3 is 5.73 Å². The Hall–Kier alpha value is -1.48.